The molecule has 1 N–H and O–H groups in total. The molecule has 0 unspecified atom stereocenters. The summed E-state index contributed by atoms with van der Waals surface area (Å²) in [5.41, 5.74) is 1.70. The summed E-state index contributed by atoms with van der Waals surface area (Å²) < 4.78 is 6.61. The molecular formula is C18H19BrClNO2. The molecule has 2 rings (SSSR count). The Morgan fingerprint density at radius 1 is 1.22 bits per heavy atom. The van der Waals surface area contributed by atoms with Crippen LogP contribution in [0.3, 0.4) is 0 Å². The minimum Gasteiger partial charge on any atom is -0.489 e. The van der Waals surface area contributed by atoms with Crippen LogP contribution in [-0.2, 0) is 6.42 Å². The maximum atomic E-state index is 12.2. The molecule has 3 nitrogen and oxygen atoms in total. The summed E-state index contributed by atoms with van der Waals surface area (Å²) >= 11 is 9.56. The van der Waals surface area contributed by atoms with Crippen LogP contribution in [0.15, 0.2) is 46.9 Å². The second-order valence-electron chi connectivity index (χ2n) is 5.44. The fourth-order valence-electron chi connectivity index (χ4n) is 2.07. The van der Waals surface area contributed by atoms with Crippen molar-refractivity contribution in [3.8, 4) is 5.75 Å². The summed E-state index contributed by atoms with van der Waals surface area (Å²) in [7, 11) is 0. The first-order valence-corrected chi connectivity index (χ1v) is 8.61. The summed E-state index contributed by atoms with van der Waals surface area (Å²) in [5.74, 6) is 0.452. The first-order valence-electron chi connectivity index (χ1n) is 7.44. The highest BCUT2D eigenvalue weighted by Gasteiger charge is 2.10. The molecule has 2 aromatic carbocycles. The van der Waals surface area contributed by atoms with Crippen molar-refractivity contribution in [3.05, 3.63) is 63.1 Å². The number of benzene rings is 2. The monoisotopic (exact) mass is 395 g/mol. The summed E-state index contributed by atoms with van der Waals surface area (Å²) in [4.78, 5) is 12.2. The number of carbonyl (C=O) groups is 1. The summed E-state index contributed by atoms with van der Waals surface area (Å²) in [6.45, 7) is 4.43. The van der Waals surface area contributed by atoms with Gasteiger partial charge in [0, 0.05) is 16.6 Å². The Labute approximate surface area is 150 Å². The van der Waals surface area contributed by atoms with Gasteiger partial charge in [-0.1, -0.05) is 39.7 Å². The van der Waals surface area contributed by atoms with Gasteiger partial charge in [-0.2, -0.15) is 0 Å². The smallest absolute Gasteiger partial charge is 0.251 e. The second kappa shape index (κ2) is 8.37. The van der Waals surface area contributed by atoms with Crippen molar-refractivity contribution in [1.29, 1.82) is 0 Å². The van der Waals surface area contributed by atoms with Crippen molar-refractivity contribution >= 4 is 33.4 Å². The number of ether oxygens (including phenoxy) is 1. The Balaban J connectivity index is 1.90. The number of rotatable bonds is 6. The molecule has 0 saturated carbocycles. The Morgan fingerprint density at radius 3 is 2.52 bits per heavy atom. The van der Waals surface area contributed by atoms with Crippen LogP contribution in [0.25, 0.3) is 0 Å². The van der Waals surface area contributed by atoms with Crippen LogP contribution >= 0.6 is 27.5 Å². The van der Waals surface area contributed by atoms with Crippen LogP contribution in [-0.4, -0.2) is 18.6 Å². The molecule has 0 aromatic heterocycles. The average Bonchev–Trinajstić information content (AvgIpc) is 2.50. The van der Waals surface area contributed by atoms with Crippen LogP contribution in [0.2, 0.25) is 5.02 Å². The van der Waals surface area contributed by atoms with Crippen LogP contribution in [0.4, 0.5) is 0 Å². The number of halogens is 2. The lowest BCUT2D eigenvalue weighted by Gasteiger charge is -2.12. The van der Waals surface area contributed by atoms with Crippen molar-refractivity contribution in [2.45, 2.75) is 26.4 Å². The highest BCUT2D eigenvalue weighted by Crippen LogP contribution is 2.26. The van der Waals surface area contributed by atoms with Gasteiger partial charge < -0.3 is 10.1 Å². The lowest BCUT2D eigenvalue weighted by atomic mass is 10.1. The highest BCUT2D eigenvalue weighted by molar-refractivity contribution is 9.10. The van der Waals surface area contributed by atoms with E-state index in [0.717, 1.165) is 10.9 Å². The van der Waals surface area contributed by atoms with Crippen molar-refractivity contribution in [2.75, 3.05) is 6.54 Å². The first-order chi connectivity index (χ1) is 11.0. The third-order valence-electron chi connectivity index (χ3n) is 3.17. The molecule has 0 bridgehead atoms. The molecule has 122 valence electrons. The van der Waals surface area contributed by atoms with E-state index in [0.29, 0.717) is 22.9 Å². The van der Waals surface area contributed by atoms with Gasteiger partial charge in [-0.3, -0.25) is 4.79 Å². The zero-order valence-corrected chi connectivity index (χ0v) is 15.4. The maximum absolute atomic E-state index is 12.2. The third-order valence-corrected chi connectivity index (χ3v) is 3.99. The molecule has 5 heteroatoms. The van der Waals surface area contributed by atoms with E-state index in [1.807, 2.05) is 38.1 Å². The van der Waals surface area contributed by atoms with Crippen LogP contribution in [0.5, 0.6) is 5.75 Å². The van der Waals surface area contributed by atoms with E-state index in [1.54, 1.807) is 18.2 Å². The molecule has 23 heavy (non-hydrogen) atoms. The predicted octanol–water partition coefficient (Wildman–Crippen LogP) is 4.86. The maximum Gasteiger partial charge on any atom is 0.251 e. The Hall–Kier alpha value is -1.52. The second-order valence-corrected chi connectivity index (χ2v) is 6.77. The van der Waals surface area contributed by atoms with Crippen molar-refractivity contribution < 1.29 is 9.53 Å². The van der Waals surface area contributed by atoms with Gasteiger partial charge in [-0.05, 0) is 56.2 Å². The molecule has 0 saturated heterocycles. The standard InChI is InChI=1S/C18H19BrClNO2/c1-12(2)23-17-8-5-14(11-16(17)20)18(22)21-10-9-13-3-6-15(19)7-4-13/h3-8,11-12H,9-10H2,1-2H3,(H,21,22). The highest BCUT2D eigenvalue weighted by atomic mass is 79.9. The normalized spacial score (nSPS) is 10.7. The average molecular weight is 397 g/mol. The minimum absolute atomic E-state index is 0.0399. The van der Waals surface area contributed by atoms with Crippen molar-refractivity contribution in [1.82, 2.24) is 5.32 Å². The van der Waals surface area contributed by atoms with E-state index >= 15 is 0 Å². The van der Waals surface area contributed by atoms with Crippen LogP contribution in [0, 0.1) is 0 Å². The number of amides is 1. The molecule has 0 heterocycles. The summed E-state index contributed by atoms with van der Waals surface area (Å²) in [5, 5.41) is 3.34. The lowest BCUT2D eigenvalue weighted by molar-refractivity contribution is 0.0954. The molecule has 0 spiro atoms. The molecule has 0 aliphatic rings. The van der Waals surface area contributed by atoms with Gasteiger partial charge in [0.1, 0.15) is 5.75 Å². The zero-order chi connectivity index (χ0) is 16.8. The molecular weight excluding hydrogens is 378 g/mol. The van der Waals surface area contributed by atoms with Gasteiger partial charge >= 0.3 is 0 Å². The van der Waals surface area contributed by atoms with Crippen LogP contribution in [0.1, 0.15) is 29.8 Å². The van der Waals surface area contributed by atoms with E-state index in [1.165, 1.54) is 5.56 Å². The van der Waals surface area contributed by atoms with E-state index in [9.17, 15) is 4.79 Å². The predicted molar refractivity (Wildman–Crippen MR) is 97.4 cm³/mol. The Bertz CT molecular complexity index is 671. The van der Waals surface area contributed by atoms with Gasteiger partial charge in [-0.25, -0.2) is 0 Å². The third kappa shape index (κ3) is 5.56. The number of nitrogens with one attached hydrogen (secondary N) is 1. The molecule has 0 atom stereocenters. The fraction of sp³-hybridized carbons (Fsp3) is 0.278. The molecule has 0 radical (unpaired) electrons. The van der Waals surface area contributed by atoms with E-state index in [2.05, 4.69) is 21.2 Å². The SMILES string of the molecule is CC(C)Oc1ccc(C(=O)NCCc2ccc(Br)cc2)cc1Cl. The summed E-state index contributed by atoms with van der Waals surface area (Å²) in [6, 6.07) is 13.1. The largest absolute Gasteiger partial charge is 0.489 e. The number of hydrogen-bond acceptors (Lipinski definition) is 2. The molecule has 0 aliphatic carbocycles. The quantitative estimate of drug-likeness (QED) is 0.757. The van der Waals surface area contributed by atoms with Crippen molar-refractivity contribution in [3.63, 3.8) is 0 Å². The molecule has 1 amide bonds. The van der Waals surface area contributed by atoms with Gasteiger partial charge in [0.25, 0.3) is 5.91 Å². The van der Waals surface area contributed by atoms with Gasteiger partial charge in [-0.15, -0.1) is 0 Å². The van der Waals surface area contributed by atoms with E-state index in [4.69, 9.17) is 16.3 Å². The van der Waals surface area contributed by atoms with Crippen molar-refractivity contribution in [2.24, 2.45) is 0 Å². The minimum atomic E-state index is -0.139. The lowest BCUT2D eigenvalue weighted by Crippen LogP contribution is -2.25. The van der Waals surface area contributed by atoms with Gasteiger partial charge in [0.15, 0.2) is 0 Å². The Kier molecular flexibility index (Phi) is 6.48. The van der Waals surface area contributed by atoms with Gasteiger partial charge in [0.05, 0.1) is 11.1 Å². The molecule has 2 aromatic rings. The zero-order valence-electron chi connectivity index (χ0n) is 13.1. The molecule has 0 fully saturated rings. The Morgan fingerprint density at radius 2 is 1.91 bits per heavy atom. The topological polar surface area (TPSA) is 38.3 Å². The van der Waals surface area contributed by atoms with E-state index < -0.39 is 0 Å². The van der Waals surface area contributed by atoms with Crippen LogP contribution < -0.4 is 10.1 Å². The molecule has 0 aliphatic heterocycles. The number of hydrogen-bond donors (Lipinski definition) is 1. The summed E-state index contributed by atoms with van der Waals surface area (Å²) in [6.07, 6.45) is 0.819. The fourth-order valence-corrected chi connectivity index (χ4v) is 2.55. The van der Waals surface area contributed by atoms with Gasteiger partial charge in [0.2, 0.25) is 0 Å². The van der Waals surface area contributed by atoms with E-state index in [-0.39, 0.29) is 12.0 Å². The number of carbonyl (C=O) groups excluding carboxylic acids is 1. The first kappa shape index (κ1) is 17.8.